The minimum Gasteiger partial charge on any atom is -0.341 e. The Morgan fingerprint density at radius 1 is 1.33 bits per heavy atom. The van der Waals surface area contributed by atoms with E-state index < -0.39 is 0 Å². The highest BCUT2D eigenvalue weighted by Gasteiger charge is 2.27. The van der Waals surface area contributed by atoms with Gasteiger partial charge in [-0.2, -0.15) is 0 Å². The van der Waals surface area contributed by atoms with Crippen LogP contribution in [0.25, 0.3) is 0 Å². The van der Waals surface area contributed by atoms with E-state index in [0.29, 0.717) is 11.8 Å². The van der Waals surface area contributed by atoms with Crippen molar-refractivity contribution in [2.45, 2.75) is 51.5 Å². The van der Waals surface area contributed by atoms with Crippen LogP contribution in [0.1, 0.15) is 51.0 Å². The number of benzene rings is 1. The second-order valence-electron chi connectivity index (χ2n) is 6.07. The maximum Gasteiger partial charge on any atom is 0.239 e. The highest BCUT2D eigenvalue weighted by molar-refractivity contribution is 5.82. The van der Waals surface area contributed by atoms with E-state index in [1.807, 2.05) is 6.07 Å². The summed E-state index contributed by atoms with van der Waals surface area (Å²) in [4.78, 5) is 14.5. The molecule has 0 spiro atoms. The molecule has 1 fully saturated rings. The lowest BCUT2D eigenvalue weighted by Gasteiger charge is -2.33. The monoisotopic (exact) mass is 288 g/mol. The molecule has 0 aliphatic carbocycles. The molecule has 0 bridgehead atoms. The molecule has 1 heterocycles. The SMILES string of the molecule is CCCNC1CCCN(CCC(C)c2ccccc2)C1=O. The fourth-order valence-corrected chi connectivity index (χ4v) is 2.97. The zero-order chi connectivity index (χ0) is 15.1. The Labute approximate surface area is 128 Å². The number of carbonyl (C=O) groups excluding carboxylic acids is 1. The predicted molar refractivity (Wildman–Crippen MR) is 87.4 cm³/mol. The van der Waals surface area contributed by atoms with Crippen LogP contribution in [0.2, 0.25) is 0 Å². The van der Waals surface area contributed by atoms with Gasteiger partial charge in [-0.25, -0.2) is 0 Å². The second kappa shape index (κ2) is 8.18. The van der Waals surface area contributed by atoms with Gasteiger partial charge >= 0.3 is 0 Å². The van der Waals surface area contributed by atoms with Gasteiger partial charge in [0.15, 0.2) is 0 Å². The van der Waals surface area contributed by atoms with Gasteiger partial charge < -0.3 is 10.2 Å². The van der Waals surface area contributed by atoms with Crippen LogP contribution in [-0.2, 0) is 4.79 Å². The summed E-state index contributed by atoms with van der Waals surface area (Å²) in [6, 6.07) is 10.6. The van der Waals surface area contributed by atoms with E-state index in [0.717, 1.165) is 45.3 Å². The zero-order valence-electron chi connectivity index (χ0n) is 13.3. The average Bonchev–Trinajstić information content (AvgIpc) is 2.53. The van der Waals surface area contributed by atoms with Gasteiger partial charge in [0, 0.05) is 13.1 Å². The first kappa shape index (κ1) is 16.0. The van der Waals surface area contributed by atoms with Crippen molar-refractivity contribution in [3.63, 3.8) is 0 Å². The summed E-state index contributed by atoms with van der Waals surface area (Å²) in [6.45, 7) is 7.12. The highest BCUT2D eigenvalue weighted by Crippen LogP contribution is 2.20. The quantitative estimate of drug-likeness (QED) is 0.836. The van der Waals surface area contributed by atoms with E-state index in [2.05, 4.69) is 48.3 Å². The Kier molecular flexibility index (Phi) is 6.24. The summed E-state index contributed by atoms with van der Waals surface area (Å²) < 4.78 is 0. The van der Waals surface area contributed by atoms with E-state index in [9.17, 15) is 4.79 Å². The van der Waals surface area contributed by atoms with Crippen molar-refractivity contribution >= 4 is 5.91 Å². The maximum absolute atomic E-state index is 12.4. The summed E-state index contributed by atoms with van der Waals surface area (Å²) >= 11 is 0. The Morgan fingerprint density at radius 2 is 2.10 bits per heavy atom. The summed E-state index contributed by atoms with van der Waals surface area (Å²) in [5.74, 6) is 0.804. The molecule has 2 rings (SSSR count). The average molecular weight is 288 g/mol. The maximum atomic E-state index is 12.4. The molecule has 0 radical (unpaired) electrons. The molecule has 3 heteroatoms. The Bertz CT molecular complexity index is 432. The first-order valence-corrected chi connectivity index (χ1v) is 8.29. The molecule has 3 nitrogen and oxygen atoms in total. The van der Waals surface area contributed by atoms with Crippen molar-refractivity contribution in [1.82, 2.24) is 10.2 Å². The first-order chi connectivity index (χ1) is 10.2. The van der Waals surface area contributed by atoms with Crippen LogP contribution in [0, 0.1) is 0 Å². The molecule has 1 amide bonds. The largest absolute Gasteiger partial charge is 0.341 e. The molecule has 1 aliphatic heterocycles. The molecule has 0 saturated carbocycles. The standard InChI is InChI=1S/C18H28N2O/c1-3-12-19-17-10-7-13-20(18(17)21)14-11-15(2)16-8-5-4-6-9-16/h4-6,8-9,15,17,19H,3,7,10-14H2,1-2H3. The molecule has 116 valence electrons. The number of hydrogen-bond acceptors (Lipinski definition) is 2. The summed E-state index contributed by atoms with van der Waals surface area (Å²) in [5, 5.41) is 3.38. The van der Waals surface area contributed by atoms with Crippen LogP contribution in [-0.4, -0.2) is 36.5 Å². The number of likely N-dealkylation sites (tertiary alicyclic amines) is 1. The van der Waals surface area contributed by atoms with E-state index in [1.54, 1.807) is 0 Å². The Morgan fingerprint density at radius 3 is 2.81 bits per heavy atom. The fraction of sp³-hybridized carbons (Fsp3) is 0.611. The van der Waals surface area contributed by atoms with Crippen LogP contribution in [0.4, 0.5) is 0 Å². The van der Waals surface area contributed by atoms with Crippen molar-refractivity contribution in [3.8, 4) is 0 Å². The molecule has 1 aromatic carbocycles. The number of hydrogen-bond donors (Lipinski definition) is 1. The molecule has 21 heavy (non-hydrogen) atoms. The number of carbonyl (C=O) groups is 1. The third-order valence-corrected chi connectivity index (χ3v) is 4.37. The number of piperidine rings is 1. The number of rotatable bonds is 7. The van der Waals surface area contributed by atoms with E-state index >= 15 is 0 Å². The van der Waals surface area contributed by atoms with Crippen LogP contribution in [0.3, 0.4) is 0 Å². The van der Waals surface area contributed by atoms with Gasteiger partial charge in [0.05, 0.1) is 6.04 Å². The highest BCUT2D eigenvalue weighted by atomic mass is 16.2. The van der Waals surface area contributed by atoms with Gasteiger partial charge in [0.1, 0.15) is 0 Å². The fourth-order valence-electron chi connectivity index (χ4n) is 2.97. The smallest absolute Gasteiger partial charge is 0.239 e. The van der Waals surface area contributed by atoms with Crippen molar-refractivity contribution in [2.24, 2.45) is 0 Å². The minimum atomic E-state index is 0.0470. The van der Waals surface area contributed by atoms with Gasteiger partial charge in [-0.1, -0.05) is 44.2 Å². The van der Waals surface area contributed by atoms with E-state index in [4.69, 9.17) is 0 Å². The van der Waals surface area contributed by atoms with E-state index in [1.165, 1.54) is 5.56 Å². The third kappa shape index (κ3) is 4.57. The lowest BCUT2D eigenvalue weighted by Crippen LogP contribution is -2.51. The molecule has 1 aromatic rings. The molecule has 1 saturated heterocycles. The molecule has 1 aliphatic rings. The summed E-state index contributed by atoms with van der Waals surface area (Å²) in [7, 11) is 0. The summed E-state index contributed by atoms with van der Waals surface area (Å²) in [6.07, 6.45) is 4.22. The van der Waals surface area contributed by atoms with Crippen molar-refractivity contribution in [3.05, 3.63) is 35.9 Å². The van der Waals surface area contributed by atoms with Gasteiger partial charge in [0.2, 0.25) is 5.91 Å². The lowest BCUT2D eigenvalue weighted by molar-refractivity contribution is -0.136. The molecular formula is C18H28N2O. The van der Waals surface area contributed by atoms with Crippen LogP contribution in [0.15, 0.2) is 30.3 Å². The van der Waals surface area contributed by atoms with Crippen LogP contribution < -0.4 is 5.32 Å². The van der Waals surface area contributed by atoms with Crippen molar-refractivity contribution in [2.75, 3.05) is 19.6 Å². The van der Waals surface area contributed by atoms with Gasteiger partial charge in [0.25, 0.3) is 0 Å². The molecule has 2 atom stereocenters. The molecule has 0 aromatic heterocycles. The first-order valence-electron chi connectivity index (χ1n) is 8.29. The van der Waals surface area contributed by atoms with Gasteiger partial charge in [-0.3, -0.25) is 4.79 Å². The number of nitrogens with one attached hydrogen (secondary N) is 1. The number of amides is 1. The van der Waals surface area contributed by atoms with E-state index in [-0.39, 0.29) is 6.04 Å². The zero-order valence-corrected chi connectivity index (χ0v) is 13.3. The molecular weight excluding hydrogens is 260 g/mol. The Balaban J connectivity index is 1.83. The summed E-state index contributed by atoms with van der Waals surface area (Å²) in [5.41, 5.74) is 1.36. The number of nitrogens with zero attached hydrogens (tertiary/aromatic N) is 1. The molecule has 1 N–H and O–H groups in total. The Hall–Kier alpha value is -1.35. The lowest BCUT2D eigenvalue weighted by atomic mass is 9.96. The van der Waals surface area contributed by atoms with Gasteiger partial charge in [-0.05, 0) is 43.7 Å². The van der Waals surface area contributed by atoms with Crippen molar-refractivity contribution < 1.29 is 4.79 Å². The minimum absolute atomic E-state index is 0.0470. The van der Waals surface area contributed by atoms with Crippen molar-refractivity contribution in [1.29, 1.82) is 0 Å². The van der Waals surface area contributed by atoms with Crippen LogP contribution in [0.5, 0.6) is 0 Å². The predicted octanol–water partition coefficient (Wildman–Crippen LogP) is 3.17. The normalized spacial score (nSPS) is 20.6. The van der Waals surface area contributed by atoms with Gasteiger partial charge in [-0.15, -0.1) is 0 Å². The topological polar surface area (TPSA) is 32.3 Å². The third-order valence-electron chi connectivity index (χ3n) is 4.37. The second-order valence-corrected chi connectivity index (χ2v) is 6.07. The van der Waals surface area contributed by atoms with Crippen LogP contribution >= 0.6 is 0 Å². The molecule has 2 unspecified atom stereocenters.